The molecule has 0 aromatic heterocycles. The molecule has 1 rings (SSSR count). The molecule has 1 heteroatoms. The van der Waals surface area contributed by atoms with Crippen molar-refractivity contribution in [1.82, 2.24) is 0 Å². The molecule has 1 aliphatic heterocycles. The molecule has 0 radical (unpaired) electrons. The maximum atomic E-state index is 5.86. The summed E-state index contributed by atoms with van der Waals surface area (Å²) in [5, 5.41) is 0. The molecular formula is C12H24O. The fourth-order valence-corrected chi connectivity index (χ4v) is 2.22. The molecule has 3 unspecified atom stereocenters. The van der Waals surface area contributed by atoms with Crippen LogP contribution in [0.1, 0.15) is 53.9 Å². The maximum Gasteiger partial charge on any atom is 0.0579 e. The summed E-state index contributed by atoms with van der Waals surface area (Å²) in [5.74, 6) is 0.834. The van der Waals surface area contributed by atoms with Gasteiger partial charge in [-0.1, -0.05) is 27.7 Å². The van der Waals surface area contributed by atoms with Gasteiger partial charge in [-0.15, -0.1) is 0 Å². The van der Waals surface area contributed by atoms with E-state index in [2.05, 4.69) is 34.6 Å². The summed E-state index contributed by atoms with van der Waals surface area (Å²) in [5.41, 5.74) is 0.450. The van der Waals surface area contributed by atoms with E-state index in [-0.39, 0.29) is 0 Å². The molecule has 1 saturated heterocycles. The van der Waals surface area contributed by atoms with E-state index >= 15 is 0 Å². The summed E-state index contributed by atoms with van der Waals surface area (Å²) in [7, 11) is 0. The Morgan fingerprint density at radius 1 is 1.23 bits per heavy atom. The summed E-state index contributed by atoms with van der Waals surface area (Å²) in [4.78, 5) is 0. The first-order valence-electron chi connectivity index (χ1n) is 5.59. The van der Waals surface area contributed by atoms with Gasteiger partial charge < -0.3 is 4.74 Å². The normalized spacial score (nSPS) is 36.2. The third-order valence-electron chi connectivity index (χ3n) is 3.27. The minimum Gasteiger partial charge on any atom is -0.375 e. The predicted molar refractivity (Wildman–Crippen MR) is 56.8 cm³/mol. The van der Waals surface area contributed by atoms with Crippen LogP contribution in [-0.2, 0) is 4.74 Å². The first-order valence-corrected chi connectivity index (χ1v) is 5.59. The van der Waals surface area contributed by atoms with Gasteiger partial charge in [0.2, 0.25) is 0 Å². The van der Waals surface area contributed by atoms with Gasteiger partial charge in [-0.2, -0.15) is 0 Å². The van der Waals surface area contributed by atoms with Gasteiger partial charge in [0.15, 0.2) is 0 Å². The molecule has 3 atom stereocenters. The minimum absolute atomic E-state index is 0.450. The predicted octanol–water partition coefficient (Wildman–Crippen LogP) is 3.63. The highest BCUT2D eigenvalue weighted by Gasteiger charge is 2.33. The third-order valence-corrected chi connectivity index (χ3v) is 3.27. The van der Waals surface area contributed by atoms with Gasteiger partial charge in [-0.3, -0.25) is 0 Å². The van der Waals surface area contributed by atoms with Crippen LogP contribution in [0, 0.1) is 11.3 Å². The number of hydrogen-bond donors (Lipinski definition) is 0. The zero-order chi connectivity index (χ0) is 10.1. The lowest BCUT2D eigenvalue weighted by molar-refractivity contribution is -0.0829. The quantitative estimate of drug-likeness (QED) is 0.604. The highest BCUT2D eigenvalue weighted by Crippen LogP contribution is 2.38. The molecule has 0 amide bonds. The van der Waals surface area contributed by atoms with Crippen LogP contribution in [-0.4, -0.2) is 12.2 Å². The van der Waals surface area contributed by atoms with E-state index in [0.29, 0.717) is 17.6 Å². The van der Waals surface area contributed by atoms with Crippen LogP contribution in [0.2, 0.25) is 0 Å². The second-order valence-electron chi connectivity index (χ2n) is 5.51. The fourth-order valence-electron chi connectivity index (χ4n) is 2.22. The van der Waals surface area contributed by atoms with Gasteiger partial charge in [0.05, 0.1) is 12.2 Å². The number of hydrogen-bond acceptors (Lipinski definition) is 1. The number of ether oxygens (including phenoxy) is 1. The molecule has 1 fully saturated rings. The largest absolute Gasteiger partial charge is 0.375 e. The molecule has 1 heterocycles. The van der Waals surface area contributed by atoms with Crippen LogP contribution in [0.3, 0.4) is 0 Å². The van der Waals surface area contributed by atoms with Crippen molar-refractivity contribution in [2.24, 2.45) is 11.3 Å². The molecule has 13 heavy (non-hydrogen) atoms. The summed E-state index contributed by atoms with van der Waals surface area (Å²) in [6.45, 7) is 11.5. The smallest absolute Gasteiger partial charge is 0.0579 e. The molecule has 78 valence electrons. The lowest BCUT2D eigenvalue weighted by atomic mass is 9.73. The van der Waals surface area contributed by atoms with Crippen LogP contribution in [0.4, 0.5) is 0 Å². The van der Waals surface area contributed by atoms with Crippen LogP contribution in [0.5, 0.6) is 0 Å². The molecular weight excluding hydrogens is 160 g/mol. The van der Waals surface area contributed by atoms with Crippen molar-refractivity contribution in [3.05, 3.63) is 0 Å². The van der Waals surface area contributed by atoms with Gasteiger partial charge in [0.25, 0.3) is 0 Å². The van der Waals surface area contributed by atoms with Gasteiger partial charge >= 0.3 is 0 Å². The molecule has 1 aliphatic rings. The summed E-state index contributed by atoms with van der Waals surface area (Å²) in [6.07, 6.45) is 4.62. The maximum absolute atomic E-state index is 5.86. The van der Waals surface area contributed by atoms with Gasteiger partial charge in [0.1, 0.15) is 0 Å². The Morgan fingerprint density at radius 3 is 2.31 bits per heavy atom. The Labute approximate surface area is 82.9 Å². The van der Waals surface area contributed by atoms with Crippen LogP contribution < -0.4 is 0 Å². The van der Waals surface area contributed by atoms with Crippen molar-refractivity contribution in [2.75, 3.05) is 0 Å². The standard InChI is InChI=1S/C12H24O/c1-6-11-8-10(12(3,4)5)7-9(2)13-11/h9-11H,6-8H2,1-5H3. The van der Waals surface area contributed by atoms with Crippen molar-refractivity contribution in [3.8, 4) is 0 Å². The second-order valence-corrected chi connectivity index (χ2v) is 5.51. The van der Waals surface area contributed by atoms with Crippen molar-refractivity contribution in [1.29, 1.82) is 0 Å². The summed E-state index contributed by atoms with van der Waals surface area (Å²) in [6, 6.07) is 0. The first-order chi connectivity index (χ1) is 5.93. The van der Waals surface area contributed by atoms with E-state index in [1.807, 2.05) is 0 Å². The molecule has 0 aromatic rings. The minimum atomic E-state index is 0.450. The van der Waals surface area contributed by atoms with Gasteiger partial charge in [-0.05, 0) is 37.5 Å². The molecule has 0 spiro atoms. The Kier molecular flexibility index (Phi) is 3.39. The van der Waals surface area contributed by atoms with Crippen LogP contribution >= 0.6 is 0 Å². The Bertz CT molecular complexity index is 157. The van der Waals surface area contributed by atoms with Gasteiger partial charge in [0, 0.05) is 0 Å². The Hall–Kier alpha value is -0.0400. The molecule has 0 N–H and O–H groups in total. The Morgan fingerprint density at radius 2 is 1.85 bits per heavy atom. The van der Waals surface area contributed by atoms with Crippen molar-refractivity contribution in [3.63, 3.8) is 0 Å². The molecule has 1 nitrogen and oxygen atoms in total. The third kappa shape index (κ3) is 2.98. The van der Waals surface area contributed by atoms with E-state index in [1.165, 1.54) is 12.8 Å². The SMILES string of the molecule is CCC1CC(C(C)(C)C)CC(C)O1. The topological polar surface area (TPSA) is 9.23 Å². The average Bonchev–Trinajstić information content (AvgIpc) is 2.01. The lowest BCUT2D eigenvalue weighted by Gasteiger charge is -2.40. The van der Waals surface area contributed by atoms with E-state index in [9.17, 15) is 0 Å². The molecule has 0 aliphatic carbocycles. The average molecular weight is 184 g/mol. The molecule has 0 saturated carbocycles. The van der Waals surface area contributed by atoms with Crippen molar-refractivity contribution < 1.29 is 4.74 Å². The van der Waals surface area contributed by atoms with Crippen LogP contribution in [0.15, 0.2) is 0 Å². The highest BCUT2D eigenvalue weighted by molar-refractivity contribution is 4.82. The number of rotatable bonds is 1. The van der Waals surface area contributed by atoms with E-state index < -0.39 is 0 Å². The fraction of sp³-hybridized carbons (Fsp3) is 1.00. The first kappa shape index (κ1) is 11.0. The van der Waals surface area contributed by atoms with E-state index in [4.69, 9.17) is 4.74 Å². The molecule has 0 aromatic carbocycles. The van der Waals surface area contributed by atoms with E-state index in [1.54, 1.807) is 0 Å². The Balaban J connectivity index is 2.57. The van der Waals surface area contributed by atoms with Crippen molar-refractivity contribution >= 4 is 0 Å². The zero-order valence-electron chi connectivity index (χ0n) is 9.76. The zero-order valence-corrected chi connectivity index (χ0v) is 9.76. The van der Waals surface area contributed by atoms with Crippen molar-refractivity contribution in [2.45, 2.75) is 66.1 Å². The second kappa shape index (κ2) is 4.00. The lowest BCUT2D eigenvalue weighted by Crippen LogP contribution is -2.36. The molecule has 0 bridgehead atoms. The van der Waals surface area contributed by atoms with E-state index in [0.717, 1.165) is 12.3 Å². The highest BCUT2D eigenvalue weighted by atomic mass is 16.5. The monoisotopic (exact) mass is 184 g/mol. The summed E-state index contributed by atoms with van der Waals surface area (Å²) >= 11 is 0. The van der Waals surface area contributed by atoms with Gasteiger partial charge in [-0.25, -0.2) is 0 Å². The van der Waals surface area contributed by atoms with Crippen LogP contribution in [0.25, 0.3) is 0 Å². The summed E-state index contributed by atoms with van der Waals surface area (Å²) < 4.78 is 5.86.